The summed E-state index contributed by atoms with van der Waals surface area (Å²) in [4.78, 5) is 26.5. The van der Waals surface area contributed by atoms with Gasteiger partial charge in [0.05, 0.1) is 46.9 Å². The van der Waals surface area contributed by atoms with Crippen LogP contribution in [0, 0.1) is 0 Å². The van der Waals surface area contributed by atoms with E-state index >= 15 is 0 Å². The van der Waals surface area contributed by atoms with Gasteiger partial charge in [0.15, 0.2) is 5.82 Å². The van der Waals surface area contributed by atoms with E-state index in [0.717, 1.165) is 27.8 Å². The zero-order valence-electron chi connectivity index (χ0n) is 21.7. The molecule has 2 unspecified atom stereocenters. The van der Waals surface area contributed by atoms with Crippen LogP contribution >= 0.6 is 0 Å². The predicted octanol–water partition coefficient (Wildman–Crippen LogP) is 3.26. The number of amides is 1. The van der Waals surface area contributed by atoms with Gasteiger partial charge in [0.1, 0.15) is 11.6 Å². The van der Waals surface area contributed by atoms with Crippen molar-refractivity contribution in [3.05, 3.63) is 48.7 Å². The molecule has 1 amide bonds. The largest absolute Gasteiger partial charge is 0.379 e. The summed E-state index contributed by atoms with van der Waals surface area (Å²) in [6.45, 7) is 5.40. The average Bonchev–Trinajstić information content (AvgIpc) is 3.31. The quantitative estimate of drug-likeness (QED) is 0.321. The molecule has 0 bridgehead atoms. The first kappa shape index (κ1) is 25.4. The molecular weight excluding hydrogens is 520 g/mol. The van der Waals surface area contributed by atoms with Gasteiger partial charge >= 0.3 is 0 Å². The van der Waals surface area contributed by atoms with E-state index in [1.165, 1.54) is 12.4 Å². The molecular formula is C26H30N8O4S. The van der Waals surface area contributed by atoms with Crippen LogP contribution in [0.25, 0.3) is 22.3 Å². The van der Waals surface area contributed by atoms with Crippen molar-refractivity contribution in [3.63, 3.8) is 0 Å². The minimum absolute atomic E-state index is 0.0151. The maximum Gasteiger partial charge on any atom is 0.256 e. The molecule has 2 fully saturated rings. The Labute approximate surface area is 225 Å². The van der Waals surface area contributed by atoms with Crippen molar-refractivity contribution in [2.45, 2.75) is 56.9 Å². The van der Waals surface area contributed by atoms with E-state index in [9.17, 15) is 13.2 Å². The van der Waals surface area contributed by atoms with Crippen LogP contribution < -0.4 is 10.6 Å². The first-order chi connectivity index (χ1) is 18.8. The Bertz CT molecular complexity index is 1640. The fraction of sp³-hybridized carbons (Fsp3) is 0.423. The van der Waals surface area contributed by atoms with Gasteiger partial charge < -0.3 is 19.9 Å². The molecule has 1 aliphatic heterocycles. The van der Waals surface area contributed by atoms with E-state index < -0.39 is 10.0 Å². The number of carbonyl (C=O) groups excluding carboxylic acids is 1. The number of anilines is 2. The molecule has 2 atom stereocenters. The highest BCUT2D eigenvalue weighted by atomic mass is 32.2. The molecule has 2 N–H and O–H groups in total. The van der Waals surface area contributed by atoms with E-state index in [1.54, 1.807) is 18.5 Å². The number of fused-ring (bicyclic) bond motifs is 1. The van der Waals surface area contributed by atoms with Crippen LogP contribution in [-0.2, 0) is 14.8 Å². The van der Waals surface area contributed by atoms with Crippen LogP contribution in [0.1, 0.15) is 55.9 Å². The summed E-state index contributed by atoms with van der Waals surface area (Å²) in [5.74, 6) is 1.25. The Balaban J connectivity index is 1.27. The van der Waals surface area contributed by atoms with Gasteiger partial charge in [0, 0.05) is 42.7 Å². The SMILES string of the molecule is CCC(C)n1cc(C(=O)NC2CCOC2)c2cnc(Nc3ccnc(-c4cnn(S(=O)(=O)C5CC5)c4)n3)cc21. The van der Waals surface area contributed by atoms with E-state index in [4.69, 9.17) is 4.74 Å². The van der Waals surface area contributed by atoms with Gasteiger partial charge in [0.2, 0.25) is 0 Å². The zero-order chi connectivity index (χ0) is 27.1. The van der Waals surface area contributed by atoms with Gasteiger partial charge in [-0.05, 0) is 38.7 Å². The first-order valence-electron chi connectivity index (χ1n) is 13.1. The molecule has 39 heavy (non-hydrogen) atoms. The molecule has 1 saturated heterocycles. The highest BCUT2D eigenvalue weighted by molar-refractivity contribution is 7.90. The van der Waals surface area contributed by atoms with Crippen molar-refractivity contribution < 1.29 is 17.9 Å². The summed E-state index contributed by atoms with van der Waals surface area (Å²) in [7, 11) is -3.47. The summed E-state index contributed by atoms with van der Waals surface area (Å²) in [5.41, 5.74) is 1.97. The van der Waals surface area contributed by atoms with Gasteiger partial charge in [-0.3, -0.25) is 4.79 Å². The number of rotatable bonds is 9. The second kappa shape index (κ2) is 10.0. The third kappa shape index (κ3) is 4.99. The average molecular weight is 551 g/mol. The number of pyridine rings is 1. The molecule has 204 valence electrons. The number of nitrogens with zero attached hydrogens (tertiary/aromatic N) is 6. The fourth-order valence-corrected chi connectivity index (χ4v) is 6.12. The molecule has 1 aliphatic carbocycles. The summed E-state index contributed by atoms with van der Waals surface area (Å²) in [5, 5.41) is 10.7. The molecule has 0 spiro atoms. The van der Waals surface area contributed by atoms with Gasteiger partial charge in [0.25, 0.3) is 15.9 Å². The van der Waals surface area contributed by atoms with E-state index in [0.29, 0.717) is 54.6 Å². The second-order valence-corrected chi connectivity index (χ2v) is 12.1. The van der Waals surface area contributed by atoms with E-state index in [1.807, 2.05) is 12.3 Å². The Morgan fingerprint density at radius 2 is 2.03 bits per heavy atom. The van der Waals surface area contributed by atoms with Gasteiger partial charge in [-0.15, -0.1) is 0 Å². The molecule has 4 aromatic rings. The lowest BCUT2D eigenvalue weighted by Crippen LogP contribution is -2.34. The normalized spacial score (nSPS) is 18.4. The summed E-state index contributed by atoms with van der Waals surface area (Å²) in [6, 6.07) is 3.80. The molecule has 0 radical (unpaired) electrons. The molecule has 0 aromatic carbocycles. The Kier molecular flexibility index (Phi) is 6.55. The molecule has 13 heteroatoms. The van der Waals surface area contributed by atoms with Crippen molar-refractivity contribution >= 4 is 38.5 Å². The van der Waals surface area contributed by atoms with E-state index in [-0.39, 0.29) is 23.2 Å². The number of aromatic nitrogens is 6. The van der Waals surface area contributed by atoms with Gasteiger partial charge in [-0.1, -0.05) is 6.92 Å². The van der Waals surface area contributed by atoms with Crippen LogP contribution in [0.5, 0.6) is 0 Å². The van der Waals surface area contributed by atoms with Crippen molar-refractivity contribution in [1.29, 1.82) is 0 Å². The predicted molar refractivity (Wildman–Crippen MR) is 145 cm³/mol. The highest BCUT2D eigenvalue weighted by Gasteiger charge is 2.37. The Morgan fingerprint density at radius 3 is 2.77 bits per heavy atom. The van der Waals surface area contributed by atoms with Crippen molar-refractivity contribution in [3.8, 4) is 11.4 Å². The van der Waals surface area contributed by atoms with Crippen LogP contribution in [0.2, 0.25) is 0 Å². The standard InChI is InChI=1S/C26H30N8O4S/c1-3-16(2)33-14-21(26(35)30-18-7-9-38-15-18)20-12-28-24(10-22(20)33)31-23-6-8-27-25(32-23)17-11-29-34(13-17)39(36,37)19-4-5-19/h6,8,10-14,16,18-19H,3-5,7,9,15H2,1-2H3,(H,30,35)(H,27,28,31,32). The molecule has 6 rings (SSSR count). The smallest absolute Gasteiger partial charge is 0.256 e. The number of hydrogen-bond donors (Lipinski definition) is 2. The maximum atomic E-state index is 13.1. The topological polar surface area (TPSA) is 146 Å². The summed E-state index contributed by atoms with van der Waals surface area (Å²) >= 11 is 0. The fourth-order valence-electron chi connectivity index (χ4n) is 4.64. The van der Waals surface area contributed by atoms with Crippen LogP contribution in [0.3, 0.4) is 0 Å². The maximum absolute atomic E-state index is 13.1. The van der Waals surface area contributed by atoms with Crippen LogP contribution in [-0.4, -0.2) is 67.5 Å². The van der Waals surface area contributed by atoms with Crippen molar-refractivity contribution in [2.75, 3.05) is 18.5 Å². The number of ether oxygens (including phenoxy) is 1. The lowest BCUT2D eigenvalue weighted by molar-refractivity contribution is 0.0931. The van der Waals surface area contributed by atoms with Crippen LogP contribution in [0.15, 0.2) is 43.1 Å². The van der Waals surface area contributed by atoms with Crippen molar-refractivity contribution in [1.82, 2.24) is 34.0 Å². The third-order valence-corrected chi connectivity index (χ3v) is 9.27. The highest BCUT2D eigenvalue weighted by Crippen LogP contribution is 2.31. The lowest BCUT2D eigenvalue weighted by Gasteiger charge is -2.13. The summed E-state index contributed by atoms with van der Waals surface area (Å²) < 4.78 is 33.5. The Hall–Kier alpha value is -3.84. The minimum Gasteiger partial charge on any atom is -0.379 e. The van der Waals surface area contributed by atoms with Crippen LogP contribution in [0.4, 0.5) is 11.6 Å². The number of carbonyl (C=O) groups is 1. The monoisotopic (exact) mass is 550 g/mol. The molecule has 12 nitrogen and oxygen atoms in total. The second-order valence-electron chi connectivity index (χ2n) is 10.1. The van der Waals surface area contributed by atoms with Gasteiger partial charge in [-0.2, -0.15) is 9.19 Å². The number of hydrogen-bond acceptors (Lipinski definition) is 9. The molecule has 4 aromatic heterocycles. The first-order valence-corrected chi connectivity index (χ1v) is 14.6. The minimum atomic E-state index is -3.47. The third-order valence-electron chi connectivity index (χ3n) is 7.23. The van der Waals surface area contributed by atoms with Crippen molar-refractivity contribution in [2.24, 2.45) is 0 Å². The number of nitrogens with one attached hydrogen (secondary N) is 2. The molecule has 1 saturated carbocycles. The van der Waals surface area contributed by atoms with Gasteiger partial charge in [-0.25, -0.2) is 23.4 Å². The zero-order valence-corrected chi connectivity index (χ0v) is 22.6. The lowest BCUT2D eigenvalue weighted by atomic mass is 10.2. The molecule has 2 aliphatic rings. The molecule has 5 heterocycles. The Morgan fingerprint density at radius 1 is 1.18 bits per heavy atom. The van der Waals surface area contributed by atoms with E-state index in [2.05, 4.69) is 49.1 Å². The summed E-state index contributed by atoms with van der Waals surface area (Å²) in [6.07, 6.45) is 11.1.